The van der Waals surface area contributed by atoms with Gasteiger partial charge in [-0.1, -0.05) is 41.4 Å². The Morgan fingerprint density at radius 2 is 1.58 bits per heavy atom. The number of benzene rings is 3. The molecule has 1 aromatic heterocycles. The second kappa shape index (κ2) is 8.86. The first-order valence-corrected chi connectivity index (χ1v) is 11.7. The molecular formula is C22H16Cl2N4O4S. The van der Waals surface area contributed by atoms with E-state index in [0.717, 1.165) is 4.68 Å². The number of fused-ring (bicyclic) bond motifs is 1. The third kappa shape index (κ3) is 4.70. The number of halogens is 2. The normalized spacial score (nSPS) is 11.4. The van der Waals surface area contributed by atoms with E-state index >= 15 is 0 Å². The molecule has 2 N–H and O–H groups in total. The van der Waals surface area contributed by atoms with Gasteiger partial charge in [0.15, 0.2) is 5.69 Å². The van der Waals surface area contributed by atoms with Gasteiger partial charge in [0.2, 0.25) is 0 Å². The Balaban J connectivity index is 1.67. The van der Waals surface area contributed by atoms with Crippen LogP contribution in [0.3, 0.4) is 0 Å². The lowest BCUT2D eigenvalue weighted by molar-refractivity contribution is 0.102. The van der Waals surface area contributed by atoms with Crippen molar-refractivity contribution in [2.45, 2.75) is 4.90 Å². The van der Waals surface area contributed by atoms with Crippen LogP contribution in [0.25, 0.3) is 10.8 Å². The van der Waals surface area contributed by atoms with Crippen LogP contribution in [0.2, 0.25) is 10.0 Å². The van der Waals surface area contributed by atoms with Crippen LogP contribution in [0.5, 0.6) is 0 Å². The highest BCUT2D eigenvalue weighted by atomic mass is 35.5. The van der Waals surface area contributed by atoms with Gasteiger partial charge in [0, 0.05) is 28.8 Å². The van der Waals surface area contributed by atoms with Crippen molar-refractivity contribution in [1.82, 2.24) is 9.78 Å². The molecule has 168 valence electrons. The maximum Gasteiger partial charge on any atom is 0.276 e. The summed E-state index contributed by atoms with van der Waals surface area (Å²) in [6.45, 7) is 0. The number of aryl methyl sites for hydroxylation is 1. The third-order valence-corrected chi connectivity index (χ3v) is 6.86. The maximum atomic E-state index is 13.0. The second-order valence-corrected chi connectivity index (χ2v) is 9.53. The van der Waals surface area contributed by atoms with Gasteiger partial charge >= 0.3 is 0 Å². The summed E-state index contributed by atoms with van der Waals surface area (Å²) in [5, 5.41) is 7.85. The molecule has 0 atom stereocenters. The number of hydrogen-bond donors (Lipinski definition) is 2. The van der Waals surface area contributed by atoms with Crippen LogP contribution in [-0.2, 0) is 17.1 Å². The zero-order valence-corrected chi connectivity index (χ0v) is 19.4. The van der Waals surface area contributed by atoms with Crippen molar-refractivity contribution < 1.29 is 13.2 Å². The van der Waals surface area contributed by atoms with E-state index in [9.17, 15) is 18.0 Å². The van der Waals surface area contributed by atoms with E-state index < -0.39 is 15.9 Å². The maximum absolute atomic E-state index is 13.0. The van der Waals surface area contributed by atoms with E-state index in [1.54, 1.807) is 36.4 Å². The van der Waals surface area contributed by atoms with Crippen molar-refractivity contribution in [3.63, 3.8) is 0 Å². The van der Waals surface area contributed by atoms with Crippen molar-refractivity contribution in [2.75, 3.05) is 10.0 Å². The molecule has 0 bridgehead atoms. The van der Waals surface area contributed by atoms with Gasteiger partial charge in [-0.05, 0) is 48.5 Å². The highest BCUT2D eigenvalue weighted by Gasteiger charge is 2.21. The van der Waals surface area contributed by atoms with Gasteiger partial charge in [0.1, 0.15) is 4.90 Å². The van der Waals surface area contributed by atoms with Gasteiger partial charge in [0.25, 0.3) is 21.5 Å². The molecule has 33 heavy (non-hydrogen) atoms. The summed E-state index contributed by atoms with van der Waals surface area (Å²) in [5.41, 5.74) is 0.160. The van der Waals surface area contributed by atoms with Gasteiger partial charge in [-0.25, -0.2) is 13.1 Å². The van der Waals surface area contributed by atoms with E-state index in [4.69, 9.17) is 23.2 Å². The molecule has 0 aliphatic heterocycles. The fourth-order valence-electron chi connectivity index (χ4n) is 3.17. The first-order chi connectivity index (χ1) is 15.7. The summed E-state index contributed by atoms with van der Waals surface area (Å²) in [5.74, 6) is -0.613. The Kier molecular flexibility index (Phi) is 6.11. The molecule has 0 saturated carbocycles. The Morgan fingerprint density at radius 1 is 0.939 bits per heavy atom. The van der Waals surface area contributed by atoms with Crippen LogP contribution < -0.4 is 15.6 Å². The Morgan fingerprint density at radius 3 is 2.27 bits per heavy atom. The number of carbonyl (C=O) groups is 1. The van der Waals surface area contributed by atoms with Crippen LogP contribution in [-0.4, -0.2) is 24.1 Å². The molecule has 0 spiro atoms. The summed E-state index contributed by atoms with van der Waals surface area (Å²) < 4.78 is 29.3. The molecule has 0 fully saturated rings. The zero-order valence-electron chi connectivity index (χ0n) is 17.0. The number of nitrogens with one attached hydrogen (secondary N) is 2. The molecule has 1 amide bonds. The van der Waals surface area contributed by atoms with E-state index in [1.807, 2.05) is 0 Å². The number of aromatic nitrogens is 2. The topological polar surface area (TPSA) is 110 Å². The van der Waals surface area contributed by atoms with Crippen LogP contribution in [0.1, 0.15) is 10.5 Å². The highest BCUT2D eigenvalue weighted by Crippen LogP contribution is 2.28. The van der Waals surface area contributed by atoms with Crippen molar-refractivity contribution in [2.24, 2.45) is 7.05 Å². The Bertz CT molecular complexity index is 1550. The van der Waals surface area contributed by atoms with Crippen LogP contribution in [0.4, 0.5) is 11.4 Å². The largest absolute Gasteiger partial charge is 0.321 e. The third-order valence-electron chi connectivity index (χ3n) is 4.75. The molecule has 4 aromatic rings. The molecular weight excluding hydrogens is 487 g/mol. The Hall–Kier alpha value is -3.40. The summed E-state index contributed by atoms with van der Waals surface area (Å²) in [4.78, 5) is 25.0. The fourth-order valence-corrected chi connectivity index (χ4v) is 4.88. The second-order valence-electron chi connectivity index (χ2n) is 7.03. The quantitative estimate of drug-likeness (QED) is 0.422. The van der Waals surface area contributed by atoms with Crippen LogP contribution in [0.15, 0.2) is 76.4 Å². The van der Waals surface area contributed by atoms with Gasteiger partial charge in [0.05, 0.1) is 10.4 Å². The fraction of sp³-hybridized carbons (Fsp3) is 0.0455. The van der Waals surface area contributed by atoms with E-state index in [-0.39, 0.29) is 26.9 Å². The average Bonchev–Trinajstić information content (AvgIpc) is 2.79. The number of nitrogens with zero attached hydrogens (tertiary/aromatic N) is 2. The van der Waals surface area contributed by atoms with Crippen LogP contribution >= 0.6 is 23.2 Å². The van der Waals surface area contributed by atoms with Gasteiger partial charge in [-0.3, -0.25) is 14.3 Å². The highest BCUT2D eigenvalue weighted by molar-refractivity contribution is 7.92. The summed E-state index contributed by atoms with van der Waals surface area (Å²) in [6, 6.07) is 16.8. The summed E-state index contributed by atoms with van der Waals surface area (Å²) in [6.07, 6.45) is 0. The standard InChI is InChI=1S/C22H16Cl2N4O4S/c1-28-22(30)17-5-3-2-4-16(17)20(26-28)21(29)25-15-10-11-18(24)19(12-15)33(31,32)27-14-8-6-13(23)7-9-14/h2-12,27H,1H3,(H,25,29). The molecule has 3 aromatic carbocycles. The summed E-state index contributed by atoms with van der Waals surface area (Å²) in [7, 11) is -2.62. The Labute approximate surface area is 198 Å². The van der Waals surface area contributed by atoms with Crippen molar-refractivity contribution in [3.8, 4) is 0 Å². The lowest BCUT2D eigenvalue weighted by Gasteiger charge is -2.12. The molecule has 8 nitrogen and oxygen atoms in total. The van der Waals surface area contributed by atoms with E-state index in [0.29, 0.717) is 21.5 Å². The minimum atomic E-state index is -4.06. The number of sulfonamides is 1. The molecule has 0 saturated heterocycles. The first kappa shape index (κ1) is 22.8. The van der Waals surface area contributed by atoms with Gasteiger partial charge in [-0.15, -0.1) is 0 Å². The lowest BCUT2D eigenvalue weighted by atomic mass is 10.1. The predicted octanol–water partition coefficient (Wildman–Crippen LogP) is 4.29. The molecule has 0 radical (unpaired) electrons. The number of amides is 1. The number of rotatable bonds is 5. The number of carbonyl (C=O) groups excluding carboxylic acids is 1. The molecule has 1 heterocycles. The van der Waals surface area contributed by atoms with E-state index in [1.165, 1.54) is 37.4 Å². The van der Waals surface area contributed by atoms with Gasteiger partial charge < -0.3 is 5.32 Å². The lowest BCUT2D eigenvalue weighted by Crippen LogP contribution is -2.25. The minimum Gasteiger partial charge on any atom is -0.321 e. The molecule has 0 unspecified atom stereocenters. The molecule has 4 rings (SSSR count). The SMILES string of the molecule is Cn1nc(C(=O)Nc2ccc(Cl)c(S(=O)(=O)Nc3ccc(Cl)cc3)c2)c2ccccc2c1=O. The zero-order chi connectivity index (χ0) is 23.8. The molecule has 0 aliphatic carbocycles. The first-order valence-electron chi connectivity index (χ1n) is 9.51. The average molecular weight is 503 g/mol. The van der Waals surface area contributed by atoms with Crippen molar-refractivity contribution in [3.05, 3.63) is 92.8 Å². The monoisotopic (exact) mass is 502 g/mol. The number of anilines is 2. The number of hydrogen-bond acceptors (Lipinski definition) is 5. The molecule has 11 heteroatoms. The van der Waals surface area contributed by atoms with Crippen molar-refractivity contribution >= 4 is 61.3 Å². The van der Waals surface area contributed by atoms with Gasteiger partial charge in [-0.2, -0.15) is 5.10 Å². The molecule has 0 aliphatic rings. The summed E-state index contributed by atoms with van der Waals surface area (Å²) >= 11 is 12.0. The predicted molar refractivity (Wildman–Crippen MR) is 129 cm³/mol. The minimum absolute atomic E-state index is 0.0198. The van der Waals surface area contributed by atoms with E-state index in [2.05, 4.69) is 15.1 Å². The smallest absolute Gasteiger partial charge is 0.276 e. The van der Waals surface area contributed by atoms with Crippen LogP contribution in [0, 0.1) is 0 Å². The van der Waals surface area contributed by atoms with Crippen molar-refractivity contribution in [1.29, 1.82) is 0 Å².